The molecule has 0 aliphatic heterocycles. The molecule has 0 aliphatic carbocycles. The Balaban J connectivity index is 1.64. The lowest BCUT2D eigenvalue weighted by Gasteiger charge is -2.24. The van der Waals surface area contributed by atoms with Crippen molar-refractivity contribution in [3.63, 3.8) is 0 Å². The zero-order chi connectivity index (χ0) is 18.5. The van der Waals surface area contributed by atoms with E-state index < -0.39 is 0 Å². The second kappa shape index (κ2) is 7.91. The molecule has 0 radical (unpaired) electrons. The molecular formula is C20H23N3O3. The molecule has 0 saturated heterocycles. The number of benzene rings is 1. The van der Waals surface area contributed by atoms with Gasteiger partial charge in [0.15, 0.2) is 0 Å². The van der Waals surface area contributed by atoms with Crippen molar-refractivity contribution < 1.29 is 13.9 Å². The van der Waals surface area contributed by atoms with Crippen LogP contribution in [0.4, 0.5) is 0 Å². The summed E-state index contributed by atoms with van der Waals surface area (Å²) in [7, 11) is 3.44. The first-order valence-corrected chi connectivity index (χ1v) is 8.58. The van der Waals surface area contributed by atoms with Crippen molar-refractivity contribution in [2.24, 2.45) is 0 Å². The number of hydrogen-bond acceptors (Lipinski definition) is 4. The minimum Gasteiger partial charge on any atom is -0.497 e. The predicted octanol–water partition coefficient (Wildman–Crippen LogP) is 3.77. The molecular weight excluding hydrogens is 330 g/mol. The highest BCUT2D eigenvalue weighted by molar-refractivity contribution is 5.93. The van der Waals surface area contributed by atoms with Crippen LogP contribution in [-0.2, 0) is 6.42 Å². The molecule has 1 unspecified atom stereocenters. The zero-order valence-electron chi connectivity index (χ0n) is 15.2. The van der Waals surface area contributed by atoms with Gasteiger partial charge in [-0.15, -0.1) is 0 Å². The van der Waals surface area contributed by atoms with Gasteiger partial charge in [0.25, 0.3) is 5.91 Å². The quantitative estimate of drug-likeness (QED) is 0.702. The maximum atomic E-state index is 12.7. The summed E-state index contributed by atoms with van der Waals surface area (Å²) in [6, 6.07) is 13.3. The van der Waals surface area contributed by atoms with Gasteiger partial charge in [0.1, 0.15) is 17.2 Å². The monoisotopic (exact) mass is 353 g/mol. The number of rotatable bonds is 7. The molecule has 2 heterocycles. The maximum Gasteiger partial charge on any atom is 0.271 e. The third kappa shape index (κ3) is 3.96. The van der Waals surface area contributed by atoms with E-state index in [0.29, 0.717) is 5.69 Å². The van der Waals surface area contributed by atoms with E-state index in [1.165, 1.54) is 0 Å². The summed E-state index contributed by atoms with van der Waals surface area (Å²) in [5, 5.41) is 7.11. The van der Waals surface area contributed by atoms with Crippen LogP contribution >= 0.6 is 0 Å². The third-order valence-corrected chi connectivity index (χ3v) is 4.56. The molecule has 1 atom stereocenters. The van der Waals surface area contributed by atoms with Crippen molar-refractivity contribution >= 4 is 5.91 Å². The van der Waals surface area contributed by atoms with E-state index in [1.54, 1.807) is 24.3 Å². The van der Waals surface area contributed by atoms with Crippen molar-refractivity contribution in [2.45, 2.75) is 25.8 Å². The number of carbonyl (C=O) groups excluding carboxylic acids is 1. The van der Waals surface area contributed by atoms with Crippen LogP contribution in [0.1, 0.15) is 29.6 Å². The third-order valence-electron chi connectivity index (χ3n) is 4.56. The summed E-state index contributed by atoms with van der Waals surface area (Å²) in [5.41, 5.74) is 2.13. The van der Waals surface area contributed by atoms with Gasteiger partial charge in [0.05, 0.1) is 19.1 Å². The molecule has 6 nitrogen and oxygen atoms in total. The molecule has 3 aromatic rings. The minimum absolute atomic E-state index is 0.0794. The number of carbonyl (C=O) groups is 1. The van der Waals surface area contributed by atoms with E-state index in [-0.39, 0.29) is 11.9 Å². The van der Waals surface area contributed by atoms with Gasteiger partial charge >= 0.3 is 0 Å². The molecule has 26 heavy (non-hydrogen) atoms. The van der Waals surface area contributed by atoms with Crippen LogP contribution in [0.2, 0.25) is 0 Å². The fourth-order valence-electron chi connectivity index (χ4n) is 2.73. The van der Waals surface area contributed by atoms with Crippen LogP contribution in [0, 0.1) is 0 Å². The summed E-state index contributed by atoms with van der Waals surface area (Å²) in [5.74, 6) is 1.64. The number of hydrogen-bond donors (Lipinski definition) is 1. The molecule has 0 aliphatic rings. The number of H-pyrrole nitrogens is 1. The van der Waals surface area contributed by atoms with Crippen molar-refractivity contribution in [2.75, 3.05) is 14.2 Å². The molecule has 1 amide bonds. The summed E-state index contributed by atoms with van der Waals surface area (Å²) in [4.78, 5) is 14.4. The standard InChI is InChI=1S/C20H23N3O3/c1-14(6-9-17-5-4-12-26-17)23(2)20(24)19-13-18(21-22-19)15-7-10-16(25-3)11-8-15/h4-5,7-8,10-14H,6,9H2,1-3H3,(H,21,22). The average Bonchev–Trinajstić information content (AvgIpc) is 3.37. The van der Waals surface area contributed by atoms with Gasteiger partial charge < -0.3 is 14.1 Å². The normalized spacial score (nSPS) is 12.0. The first-order chi connectivity index (χ1) is 12.6. The molecule has 0 spiro atoms. The van der Waals surface area contributed by atoms with Gasteiger partial charge in [-0.1, -0.05) is 0 Å². The van der Waals surface area contributed by atoms with Crippen molar-refractivity contribution in [3.8, 4) is 17.0 Å². The Kier molecular flexibility index (Phi) is 5.41. The van der Waals surface area contributed by atoms with E-state index in [2.05, 4.69) is 10.2 Å². The van der Waals surface area contributed by atoms with Gasteiger partial charge in [0, 0.05) is 25.1 Å². The average molecular weight is 353 g/mol. The largest absolute Gasteiger partial charge is 0.497 e. The van der Waals surface area contributed by atoms with Gasteiger partial charge in [-0.2, -0.15) is 5.10 Å². The van der Waals surface area contributed by atoms with Crippen LogP contribution in [0.15, 0.2) is 53.1 Å². The van der Waals surface area contributed by atoms with Crippen molar-refractivity contribution in [3.05, 3.63) is 60.2 Å². The van der Waals surface area contributed by atoms with Crippen molar-refractivity contribution in [1.82, 2.24) is 15.1 Å². The lowest BCUT2D eigenvalue weighted by atomic mass is 10.1. The van der Waals surface area contributed by atoms with Crippen LogP contribution < -0.4 is 4.74 Å². The number of aromatic nitrogens is 2. The molecule has 1 aromatic carbocycles. The number of amides is 1. The minimum atomic E-state index is -0.0794. The second-order valence-electron chi connectivity index (χ2n) is 6.28. The fraction of sp³-hybridized carbons (Fsp3) is 0.300. The molecule has 136 valence electrons. The highest BCUT2D eigenvalue weighted by atomic mass is 16.5. The van der Waals surface area contributed by atoms with Gasteiger partial charge in [-0.05, 0) is 55.8 Å². The summed E-state index contributed by atoms with van der Waals surface area (Å²) < 4.78 is 10.5. The number of aromatic amines is 1. The lowest BCUT2D eigenvalue weighted by molar-refractivity contribution is 0.0730. The molecule has 0 fully saturated rings. The van der Waals surface area contributed by atoms with E-state index >= 15 is 0 Å². The van der Waals surface area contributed by atoms with Crippen LogP contribution in [-0.4, -0.2) is 41.2 Å². The van der Waals surface area contributed by atoms with Crippen LogP contribution in [0.5, 0.6) is 5.75 Å². The topological polar surface area (TPSA) is 71.4 Å². The van der Waals surface area contributed by atoms with Crippen LogP contribution in [0.25, 0.3) is 11.3 Å². The highest BCUT2D eigenvalue weighted by Gasteiger charge is 2.20. The number of nitrogens with one attached hydrogen (secondary N) is 1. The highest BCUT2D eigenvalue weighted by Crippen LogP contribution is 2.22. The smallest absolute Gasteiger partial charge is 0.271 e. The van der Waals surface area contributed by atoms with Gasteiger partial charge in [-0.25, -0.2) is 0 Å². The Hall–Kier alpha value is -3.02. The Morgan fingerprint density at radius 1 is 1.31 bits per heavy atom. The lowest BCUT2D eigenvalue weighted by Crippen LogP contribution is -2.35. The Morgan fingerprint density at radius 2 is 2.08 bits per heavy atom. The SMILES string of the molecule is COc1ccc(-c2cc(C(=O)N(C)C(C)CCc3ccco3)[nH]n2)cc1. The van der Waals surface area contributed by atoms with Gasteiger partial charge in [0.2, 0.25) is 0 Å². The number of furan rings is 1. The van der Waals surface area contributed by atoms with E-state index in [0.717, 1.165) is 35.6 Å². The Labute approximate surface area is 152 Å². The molecule has 0 saturated carbocycles. The summed E-state index contributed by atoms with van der Waals surface area (Å²) in [6.07, 6.45) is 3.29. The molecule has 1 N–H and O–H groups in total. The first kappa shape index (κ1) is 17.8. The maximum absolute atomic E-state index is 12.7. The Bertz CT molecular complexity index is 838. The summed E-state index contributed by atoms with van der Waals surface area (Å²) >= 11 is 0. The van der Waals surface area contributed by atoms with Gasteiger partial charge in [-0.3, -0.25) is 9.89 Å². The van der Waals surface area contributed by atoms with E-state index in [1.807, 2.05) is 50.4 Å². The number of methoxy groups -OCH3 is 1. The predicted molar refractivity (Wildman–Crippen MR) is 99.2 cm³/mol. The van der Waals surface area contributed by atoms with Crippen molar-refractivity contribution in [1.29, 1.82) is 0 Å². The number of ether oxygens (including phenoxy) is 1. The fourth-order valence-corrected chi connectivity index (χ4v) is 2.73. The molecule has 0 bridgehead atoms. The Morgan fingerprint density at radius 3 is 2.73 bits per heavy atom. The van der Waals surface area contributed by atoms with Crippen LogP contribution in [0.3, 0.4) is 0 Å². The number of nitrogens with zero attached hydrogens (tertiary/aromatic N) is 2. The zero-order valence-corrected chi connectivity index (χ0v) is 15.2. The summed E-state index contributed by atoms with van der Waals surface area (Å²) in [6.45, 7) is 2.03. The molecule has 3 rings (SSSR count). The second-order valence-corrected chi connectivity index (χ2v) is 6.28. The molecule has 6 heteroatoms. The van der Waals surface area contributed by atoms with E-state index in [9.17, 15) is 4.79 Å². The number of aryl methyl sites for hydroxylation is 1. The molecule has 2 aromatic heterocycles. The van der Waals surface area contributed by atoms with E-state index in [4.69, 9.17) is 9.15 Å². The first-order valence-electron chi connectivity index (χ1n) is 8.58.